The summed E-state index contributed by atoms with van der Waals surface area (Å²) in [5.74, 6) is 2.16. The van der Waals surface area contributed by atoms with Gasteiger partial charge in [-0.15, -0.1) is 6.42 Å². The second kappa shape index (κ2) is 8.61. The number of carbonyl (C=O) groups excluding carboxylic acids is 1. The maximum absolute atomic E-state index is 12.1. The van der Waals surface area contributed by atoms with Gasteiger partial charge in [0.05, 0.1) is 11.1 Å². The number of carbonyl (C=O) groups is 1. The van der Waals surface area contributed by atoms with Gasteiger partial charge in [0, 0.05) is 16.1 Å². The van der Waals surface area contributed by atoms with Crippen LogP contribution in [0.25, 0.3) is 0 Å². The highest BCUT2D eigenvalue weighted by molar-refractivity contribution is 9.10. The molecule has 0 atom stereocenters. The summed E-state index contributed by atoms with van der Waals surface area (Å²) < 4.78 is 6.17. The summed E-state index contributed by atoms with van der Waals surface area (Å²) in [6, 6.07) is 10.8. The summed E-state index contributed by atoms with van der Waals surface area (Å²) in [4.78, 5) is 22.4. The van der Waals surface area contributed by atoms with Crippen LogP contribution in [-0.2, 0) is 0 Å². The Balaban J connectivity index is 2.16. The first kappa shape index (κ1) is 18.2. The molecule has 7 nitrogen and oxygen atoms in total. The van der Waals surface area contributed by atoms with E-state index < -0.39 is 10.8 Å². The summed E-state index contributed by atoms with van der Waals surface area (Å²) in [5, 5.41) is 14.8. The number of para-hydroxylation sites is 1. The summed E-state index contributed by atoms with van der Waals surface area (Å²) >= 11 is 3.33. The standard InChI is InChI=1S/C17H12BrN3O4/c1-2-9-25-16-8-7-13(18)10-12(16)11-19-20-17(22)14-5-3-4-6-15(14)21(23)24/h1,3-8,10-11H,9H2,(H,20,22)/b19-11-. The average molecular weight is 402 g/mol. The summed E-state index contributed by atoms with van der Waals surface area (Å²) in [5.41, 5.74) is 2.46. The molecule has 8 heteroatoms. The number of ether oxygens (including phenoxy) is 1. The number of amides is 1. The van der Waals surface area contributed by atoms with Gasteiger partial charge in [-0.3, -0.25) is 14.9 Å². The molecule has 2 rings (SSSR count). The molecule has 0 unspecified atom stereocenters. The van der Waals surface area contributed by atoms with E-state index in [2.05, 4.69) is 32.4 Å². The third kappa shape index (κ3) is 4.89. The van der Waals surface area contributed by atoms with Gasteiger partial charge in [0.1, 0.15) is 17.9 Å². The van der Waals surface area contributed by atoms with Crippen molar-refractivity contribution in [1.29, 1.82) is 0 Å². The van der Waals surface area contributed by atoms with Crippen molar-refractivity contribution < 1.29 is 14.5 Å². The van der Waals surface area contributed by atoms with Gasteiger partial charge in [0.15, 0.2) is 0 Å². The zero-order valence-electron chi connectivity index (χ0n) is 12.8. The van der Waals surface area contributed by atoms with Gasteiger partial charge in [0.2, 0.25) is 0 Å². The van der Waals surface area contributed by atoms with Crippen LogP contribution in [0.3, 0.4) is 0 Å². The Hall–Kier alpha value is -3.18. The molecule has 0 radical (unpaired) electrons. The highest BCUT2D eigenvalue weighted by Crippen LogP contribution is 2.22. The van der Waals surface area contributed by atoms with Crippen molar-refractivity contribution in [2.24, 2.45) is 5.10 Å². The normalized spacial score (nSPS) is 10.2. The molecule has 1 N–H and O–H groups in total. The van der Waals surface area contributed by atoms with E-state index in [9.17, 15) is 14.9 Å². The fraction of sp³-hybridized carbons (Fsp3) is 0.0588. The second-order valence-electron chi connectivity index (χ2n) is 4.65. The number of nitro benzene ring substituents is 1. The number of terminal acetylenes is 1. The Kier molecular flexibility index (Phi) is 6.26. The van der Waals surface area contributed by atoms with Gasteiger partial charge >= 0.3 is 0 Å². The smallest absolute Gasteiger partial charge is 0.282 e. The molecule has 0 aliphatic heterocycles. The molecule has 2 aromatic rings. The monoisotopic (exact) mass is 401 g/mol. The van der Waals surface area contributed by atoms with E-state index in [-0.39, 0.29) is 17.9 Å². The molecule has 2 aromatic carbocycles. The zero-order chi connectivity index (χ0) is 18.2. The molecule has 0 bridgehead atoms. The Labute approximate surface area is 152 Å². The molecule has 0 saturated carbocycles. The Morgan fingerprint density at radius 3 is 2.88 bits per heavy atom. The van der Waals surface area contributed by atoms with Crippen LogP contribution in [0.1, 0.15) is 15.9 Å². The first-order chi connectivity index (χ1) is 12.0. The van der Waals surface area contributed by atoms with E-state index in [0.29, 0.717) is 11.3 Å². The fourth-order valence-corrected chi connectivity index (χ4v) is 2.30. The van der Waals surface area contributed by atoms with Crippen molar-refractivity contribution in [3.05, 3.63) is 68.2 Å². The number of halogens is 1. The fourth-order valence-electron chi connectivity index (χ4n) is 1.92. The van der Waals surface area contributed by atoms with Crippen molar-refractivity contribution >= 4 is 33.7 Å². The quantitative estimate of drug-likeness (QED) is 0.348. The van der Waals surface area contributed by atoms with Gasteiger partial charge in [-0.2, -0.15) is 5.10 Å². The van der Waals surface area contributed by atoms with Crippen molar-refractivity contribution in [2.45, 2.75) is 0 Å². The third-order valence-corrected chi connectivity index (χ3v) is 3.49. The predicted octanol–water partition coefficient (Wildman–Crippen LogP) is 3.13. The summed E-state index contributed by atoms with van der Waals surface area (Å²) in [6.45, 7) is 0.0883. The molecule has 25 heavy (non-hydrogen) atoms. The number of rotatable bonds is 6. The minimum atomic E-state index is -0.690. The number of hydrogen-bond donors (Lipinski definition) is 1. The number of hydrogen-bond acceptors (Lipinski definition) is 5. The highest BCUT2D eigenvalue weighted by atomic mass is 79.9. The van der Waals surface area contributed by atoms with Crippen molar-refractivity contribution in [3.63, 3.8) is 0 Å². The van der Waals surface area contributed by atoms with Crippen LogP contribution in [-0.4, -0.2) is 23.7 Å². The van der Waals surface area contributed by atoms with Crippen LogP contribution in [0, 0.1) is 22.5 Å². The SMILES string of the molecule is C#CCOc1ccc(Br)cc1/C=N\NC(=O)c1ccccc1[N+](=O)[O-]. The Bertz CT molecular complexity index is 874. The number of nitrogens with zero attached hydrogens (tertiary/aromatic N) is 2. The van der Waals surface area contributed by atoms with Gasteiger partial charge in [-0.1, -0.05) is 34.0 Å². The lowest BCUT2D eigenvalue weighted by atomic mass is 10.2. The van der Waals surface area contributed by atoms with E-state index >= 15 is 0 Å². The first-order valence-corrected chi connectivity index (χ1v) is 7.75. The zero-order valence-corrected chi connectivity index (χ0v) is 14.4. The van der Waals surface area contributed by atoms with E-state index in [1.807, 2.05) is 0 Å². The largest absolute Gasteiger partial charge is 0.480 e. The van der Waals surface area contributed by atoms with Gasteiger partial charge in [0.25, 0.3) is 11.6 Å². The first-order valence-electron chi connectivity index (χ1n) is 6.95. The molecular formula is C17H12BrN3O4. The average Bonchev–Trinajstić information content (AvgIpc) is 2.61. The number of hydrazone groups is 1. The number of nitro groups is 1. The van der Waals surface area contributed by atoms with Crippen LogP contribution in [0.4, 0.5) is 5.69 Å². The van der Waals surface area contributed by atoms with Crippen LogP contribution in [0.15, 0.2) is 52.0 Å². The minimum absolute atomic E-state index is 0.0808. The van der Waals surface area contributed by atoms with Crippen LogP contribution in [0.5, 0.6) is 5.75 Å². The molecule has 126 valence electrons. The summed E-state index contributed by atoms with van der Waals surface area (Å²) in [6.07, 6.45) is 6.53. The van der Waals surface area contributed by atoms with E-state index in [0.717, 1.165) is 4.47 Å². The molecule has 1 amide bonds. The lowest BCUT2D eigenvalue weighted by Gasteiger charge is -2.06. The van der Waals surface area contributed by atoms with E-state index in [1.165, 1.54) is 30.5 Å². The second-order valence-corrected chi connectivity index (χ2v) is 5.56. The summed E-state index contributed by atoms with van der Waals surface area (Å²) in [7, 11) is 0. The lowest BCUT2D eigenvalue weighted by molar-refractivity contribution is -0.385. The van der Waals surface area contributed by atoms with Gasteiger partial charge in [-0.25, -0.2) is 5.43 Å². The van der Waals surface area contributed by atoms with Gasteiger partial charge < -0.3 is 4.74 Å². The molecule has 0 aliphatic rings. The van der Waals surface area contributed by atoms with Crippen molar-refractivity contribution in [3.8, 4) is 18.1 Å². The molecule has 0 aliphatic carbocycles. The molecular weight excluding hydrogens is 390 g/mol. The van der Waals surface area contributed by atoms with Crippen molar-refractivity contribution in [1.82, 2.24) is 5.43 Å². The van der Waals surface area contributed by atoms with E-state index in [4.69, 9.17) is 11.2 Å². The molecule has 0 spiro atoms. The van der Waals surface area contributed by atoms with Crippen LogP contribution < -0.4 is 10.2 Å². The highest BCUT2D eigenvalue weighted by Gasteiger charge is 2.18. The molecule has 0 heterocycles. The van der Waals surface area contributed by atoms with E-state index in [1.54, 1.807) is 18.2 Å². The molecule has 0 fully saturated rings. The topological polar surface area (TPSA) is 93.8 Å². The maximum atomic E-state index is 12.1. The van der Waals surface area contributed by atoms with Crippen molar-refractivity contribution in [2.75, 3.05) is 6.61 Å². The minimum Gasteiger partial charge on any atom is -0.480 e. The Morgan fingerprint density at radius 1 is 1.40 bits per heavy atom. The number of nitrogens with one attached hydrogen (secondary N) is 1. The maximum Gasteiger partial charge on any atom is 0.282 e. The lowest BCUT2D eigenvalue weighted by Crippen LogP contribution is -2.19. The molecule has 0 aromatic heterocycles. The van der Waals surface area contributed by atoms with Crippen LogP contribution >= 0.6 is 15.9 Å². The molecule has 0 saturated heterocycles. The number of benzene rings is 2. The Morgan fingerprint density at radius 2 is 2.16 bits per heavy atom. The van der Waals surface area contributed by atoms with Gasteiger partial charge in [-0.05, 0) is 24.3 Å². The predicted molar refractivity (Wildman–Crippen MR) is 96.6 cm³/mol. The van der Waals surface area contributed by atoms with Crippen LogP contribution in [0.2, 0.25) is 0 Å². The third-order valence-electron chi connectivity index (χ3n) is 3.00.